The van der Waals surface area contributed by atoms with Crippen LogP contribution in [-0.4, -0.2) is 9.55 Å². The largest absolute Gasteiger partial charge is 0.509 e. The summed E-state index contributed by atoms with van der Waals surface area (Å²) in [5, 5.41) is 2.01. The molecule has 0 atom stereocenters. The Hall–Kier alpha value is -7.98. The minimum atomic E-state index is -0.284. The fourth-order valence-corrected chi connectivity index (χ4v) is 10.3. The van der Waals surface area contributed by atoms with Gasteiger partial charge in [0.2, 0.25) is 0 Å². The molecule has 1 aliphatic heterocycles. The third-order valence-electron chi connectivity index (χ3n) is 14.2. The molecule has 0 spiro atoms. The average Bonchev–Trinajstić information content (AvgIpc) is 4.22. The van der Waals surface area contributed by atoms with Crippen LogP contribution >= 0.6 is 0 Å². The second-order valence-electron chi connectivity index (χ2n) is 21.2. The molecule has 75 heavy (non-hydrogen) atoms. The van der Waals surface area contributed by atoms with E-state index in [1.54, 1.807) is 0 Å². The van der Waals surface area contributed by atoms with E-state index in [2.05, 4.69) is 204 Å². The number of rotatable bonds is 9. The number of aryl methyl sites for hydroxylation is 1. The molecule has 372 valence electrons. The van der Waals surface area contributed by atoms with Gasteiger partial charge < -0.3 is 19.1 Å². The Labute approximate surface area is 460 Å². The maximum atomic E-state index is 9.51. The molecule has 0 fully saturated rings. The van der Waals surface area contributed by atoms with Crippen molar-refractivity contribution in [2.45, 2.75) is 59.3 Å². The van der Waals surface area contributed by atoms with Crippen molar-refractivity contribution in [3.63, 3.8) is 0 Å². The molecular weight excluding hydrogens is 1100 g/mol. The quantitative estimate of drug-likeness (QED) is 0.135. The minimum Gasteiger partial charge on any atom is -0.509 e. The molecule has 3 heterocycles. The van der Waals surface area contributed by atoms with E-state index in [1.807, 2.05) is 72.4 Å². The zero-order valence-corrected chi connectivity index (χ0v) is 45.3. The summed E-state index contributed by atoms with van der Waals surface area (Å²) in [6, 6.07) is 71.5. The van der Waals surface area contributed by atoms with Crippen molar-refractivity contribution in [2.24, 2.45) is 0 Å². The monoisotopic (exact) mass is 1160 g/mol. The third-order valence-corrected chi connectivity index (χ3v) is 14.2. The van der Waals surface area contributed by atoms with Gasteiger partial charge in [-0.2, -0.15) is 6.04 Å². The van der Waals surface area contributed by atoms with E-state index in [4.69, 9.17) is 9.72 Å². The number of ether oxygens (including phenoxy) is 1. The van der Waals surface area contributed by atoms with Gasteiger partial charge in [0, 0.05) is 79.4 Å². The molecule has 0 bridgehead atoms. The van der Waals surface area contributed by atoms with E-state index < -0.39 is 0 Å². The van der Waals surface area contributed by atoms with Crippen molar-refractivity contribution in [1.82, 2.24) is 9.55 Å². The van der Waals surface area contributed by atoms with E-state index in [1.165, 1.54) is 11.1 Å². The van der Waals surface area contributed by atoms with E-state index in [0.717, 1.165) is 94.8 Å². The van der Waals surface area contributed by atoms with Crippen LogP contribution in [0.3, 0.4) is 0 Å². The van der Waals surface area contributed by atoms with Crippen LogP contribution in [-0.2, 0) is 31.9 Å². The van der Waals surface area contributed by atoms with Gasteiger partial charge in [0.05, 0.1) is 0 Å². The number of benzene rings is 9. The van der Waals surface area contributed by atoms with Gasteiger partial charge in [0.25, 0.3) is 0 Å². The predicted molar refractivity (Wildman–Crippen MR) is 308 cm³/mol. The SMILES string of the molecule is [2H]c1c(Oc2[c-]c3c(c(-c4ccc(C(C)(C)C)cc4)c2)c2ccccc2n3-c2cc(C)c(-c3ccccc3)cn2)[c-]c(N2[CH-]N(c3c(-c4ccccc4)cccc3-c3ccc(C(C)(C)C)cc3)c3ccccc32)c([2H])c1[2H].[Pt]. The van der Waals surface area contributed by atoms with Crippen LogP contribution in [0.1, 0.15) is 62.3 Å². The first-order valence-corrected chi connectivity index (χ1v) is 25.3. The number of aromatic nitrogens is 2. The van der Waals surface area contributed by atoms with Crippen molar-refractivity contribution >= 4 is 44.6 Å². The fraction of sp³-hybridized carbons (Fsp3) is 0.130. The molecule has 0 N–H and O–H groups in total. The Morgan fingerprint density at radius 3 is 1.69 bits per heavy atom. The van der Waals surface area contributed by atoms with Crippen molar-refractivity contribution in [3.8, 4) is 61.8 Å². The Balaban J connectivity index is 0.00000645. The summed E-state index contributed by atoms with van der Waals surface area (Å²) < 4.78 is 37.3. The molecule has 0 radical (unpaired) electrons. The molecule has 0 saturated carbocycles. The maximum Gasteiger partial charge on any atom is 0.135 e. The topological polar surface area (TPSA) is 33.5 Å². The normalized spacial score (nSPS) is 13.1. The van der Waals surface area contributed by atoms with Gasteiger partial charge in [-0.25, -0.2) is 4.98 Å². The number of para-hydroxylation sites is 4. The van der Waals surface area contributed by atoms with Crippen LogP contribution in [0, 0.1) is 25.7 Å². The number of hydrogen-bond donors (Lipinski definition) is 0. The van der Waals surface area contributed by atoms with E-state index in [0.29, 0.717) is 5.75 Å². The molecule has 6 heteroatoms. The Kier molecular flexibility index (Phi) is 12.0. The van der Waals surface area contributed by atoms with Gasteiger partial charge in [-0.1, -0.05) is 210 Å². The van der Waals surface area contributed by atoms with Crippen molar-refractivity contribution in [1.29, 1.82) is 0 Å². The molecule has 2 aromatic heterocycles. The van der Waals surface area contributed by atoms with Gasteiger partial charge in [0.1, 0.15) is 5.82 Å². The van der Waals surface area contributed by atoms with E-state index in [-0.39, 0.29) is 61.5 Å². The summed E-state index contributed by atoms with van der Waals surface area (Å²) in [6.07, 6.45) is 1.94. The second-order valence-corrected chi connectivity index (χ2v) is 21.2. The van der Waals surface area contributed by atoms with Crippen LogP contribution < -0.4 is 14.5 Å². The predicted octanol–water partition coefficient (Wildman–Crippen LogP) is 18.5. The van der Waals surface area contributed by atoms with Crippen molar-refractivity contribution < 1.29 is 29.9 Å². The summed E-state index contributed by atoms with van der Waals surface area (Å²) in [5.74, 6) is 1.06. The Bertz CT molecular complexity index is 4050. The smallest absolute Gasteiger partial charge is 0.135 e. The standard InChI is InChI=1S/C69H57N4O.Pt/c1-46-40-65(70-44-60(46)48-22-12-9-13-23-48)73-61-29-15-14-26-58(61)66-59(50-34-38-52(39-35-50)69(5,6)7)42-55(43-64(66)73)74-54-25-18-24-53(41-54)71-45-72(63-31-17-16-30-62(63)71)67-56(47-20-10-8-11-21-47)27-19-28-57(67)49-32-36-51(37-33-49)68(2,3)4;/h8-40,42,44-45H,1-7H3;/q-3;/i18D,24D,25D;. The van der Waals surface area contributed by atoms with Crippen LogP contribution in [0.4, 0.5) is 22.7 Å². The molecule has 9 aromatic carbocycles. The summed E-state index contributed by atoms with van der Waals surface area (Å²) in [6.45, 7) is 17.4. The van der Waals surface area contributed by atoms with Crippen LogP contribution in [0.15, 0.2) is 212 Å². The number of pyridine rings is 1. The van der Waals surface area contributed by atoms with Crippen LogP contribution in [0.5, 0.6) is 11.5 Å². The molecule has 12 rings (SSSR count). The van der Waals surface area contributed by atoms with Gasteiger partial charge >= 0.3 is 0 Å². The molecule has 11 aromatic rings. The molecule has 0 amide bonds. The summed E-state index contributed by atoms with van der Waals surface area (Å²) in [7, 11) is 0. The molecule has 1 aliphatic rings. The van der Waals surface area contributed by atoms with Crippen LogP contribution in [0.25, 0.3) is 72.1 Å². The second kappa shape index (κ2) is 19.7. The third kappa shape index (κ3) is 9.25. The van der Waals surface area contributed by atoms with Crippen LogP contribution in [0.2, 0.25) is 0 Å². The number of anilines is 4. The van der Waals surface area contributed by atoms with E-state index in [9.17, 15) is 4.11 Å². The van der Waals surface area contributed by atoms with Gasteiger partial charge in [0.15, 0.2) is 0 Å². The minimum absolute atomic E-state index is 0. The van der Waals surface area contributed by atoms with Gasteiger partial charge in [-0.05, 0) is 89.1 Å². The zero-order chi connectivity index (χ0) is 53.3. The van der Waals surface area contributed by atoms with Crippen molar-refractivity contribution in [3.05, 3.63) is 248 Å². The molecule has 0 saturated heterocycles. The van der Waals surface area contributed by atoms with Gasteiger partial charge in [-0.15, -0.1) is 48.2 Å². The number of hydrogen-bond acceptors (Lipinski definition) is 4. The summed E-state index contributed by atoms with van der Waals surface area (Å²) in [5.41, 5.74) is 16.3. The molecule has 0 aliphatic carbocycles. The van der Waals surface area contributed by atoms with E-state index >= 15 is 0 Å². The Morgan fingerprint density at radius 2 is 1.08 bits per heavy atom. The van der Waals surface area contributed by atoms with Gasteiger partial charge in [-0.3, -0.25) is 0 Å². The number of fused-ring (bicyclic) bond motifs is 4. The average molecular weight is 1160 g/mol. The number of nitrogens with zero attached hydrogens (tertiary/aromatic N) is 4. The zero-order valence-electron chi connectivity index (χ0n) is 46.1. The summed E-state index contributed by atoms with van der Waals surface area (Å²) >= 11 is 0. The summed E-state index contributed by atoms with van der Waals surface area (Å²) in [4.78, 5) is 9.19. The Morgan fingerprint density at radius 1 is 0.533 bits per heavy atom. The first-order valence-electron chi connectivity index (χ1n) is 26.8. The maximum absolute atomic E-state index is 9.51. The molecular formula is C69H57N4OPt-3. The molecule has 0 unspecified atom stereocenters. The molecule has 5 nitrogen and oxygen atoms in total. The van der Waals surface area contributed by atoms with Crippen molar-refractivity contribution in [2.75, 3.05) is 9.80 Å². The first-order chi connectivity index (χ1) is 37.1. The fourth-order valence-electron chi connectivity index (χ4n) is 10.3. The first kappa shape index (κ1) is 45.6.